The van der Waals surface area contributed by atoms with Crippen LogP contribution < -0.4 is 20.1 Å². The zero-order valence-electron chi connectivity index (χ0n) is 12.1. The zero-order valence-corrected chi connectivity index (χ0v) is 12.8. The molecule has 0 heterocycles. The molecular weight excluding hydrogens is 280 g/mol. The Hall–Kier alpha value is -1.46. The molecule has 0 atom stereocenters. The van der Waals surface area contributed by atoms with Gasteiger partial charge in [-0.05, 0) is 19.5 Å². The lowest BCUT2D eigenvalue weighted by Crippen LogP contribution is -2.29. The molecule has 0 unspecified atom stereocenters. The number of amides is 1. The molecule has 6 heteroatoms. The lowest BCUT2D eigenvalue weighted by atomic mass is 10.2. The van der Waals surface area contributed by atoms with Crippen molar-refractivity contribution in [1.29, 1.82) is 0 Å². The van der Waals surface area contributed by atoms with Crippen molar-refractivity contribution in [3.05, 3.63) is 22.7 Å². The Labute approximate surface area is 124 Å². The van der Waals surface area contributed by atoms with Crippen molar-refractivity contribution in [2.24, 2.45) is 0 Å². The average Bonchev–Trinajstić information content (AvgIpc) is 2.43. The molecule has 0 saturated carbocycles. The highest BCUT2D eigenvalue weighted by Gasteiger charge is 2.14. The van der Waals surface area contributed by atoms with Crippen molar-refractivity contribution in [2.75, 3.05) is 27.3 Å². The zero-order chi connectivity index (χ0) is 15.0. The van der Waals surface area contributed by atoms with Crippen LogP contribution in [0, 0.1) is 0 Å². The van der Waals surface area contributed by atoms with Gasteiger partial charge in [0, 0.05) is 29.7 Å². The number of methoxy groups -OCH3 is 1. The van der Waals surface area contributed by atoms with Gasteiger partial charge >= 0.3 is 0 Å². The number of rotatable bonds is 8. The van der Waals surface area contributed by atoms with E-state index in [-0.39, 0.29) is 12.5 Å². The second-order valence-electron chi connectivity index (χ2n) is 4.27. The van der Waals surface area contributed by atoms with Gasteiger partial charge in [-0.15, -0.1) is 0 Å². The molecule has 1 aromatic rings. The molecule has 0 aromatic heterocycles. The van der Waals surface area contributed by atoms with Crippen LogP contribution in [0.4, 0.5) is 0 Å². The Morgan fingerprint density at radius 3 is 2.75 bits per heavy atom. The first-order chi connectivity index (χ1) is 9.62. The Balaban J connectivity index is 2.83. The molecule has 1 amide bonds. The number of nitrogens with one attached hydrogen (secondary N) is 2. The third kappa shape index (κ3) is 4.90. The van der Waals surface area contributed by atoms with Gasteiger partial charge in [-0.1, -0.05) is 18.5 Å². The fourth-order valence-electron chi connectivity index (χ4n) is 1.71. The maximum Gasteiger partial charge on any atom is 0.257 e. The Morgan fingerprint density at radius 1 is 1.40 bits per heavy atom. The van der Waals surface area contributed by atoms with E-state index in [1.807, 2.05) is 14.0 Å². The van der Waals surface area contributed by atoms with Crippen molar-refractivity contribution >= 4 is 17.5 Å². The quantitative estimate of drug-likeness (QED) is 0.771. The van der Waals surface area contributed by atoms with E-state index in [1.54, 1.807) is 19.2 Å². The highest BCUT2D eigenvalue weighted by Crippen LogP contribution is 2.34. The summed E-state index contributed by atoms with van der Waals surface area (Å²) < 4.78 is 10.8. The summed E-state index contributed by atoms with van der Waals surface area (Å²) in [7, 11) is 3.37. The van der Waals surface area contributed by atoms with E-state index in [1.165, 1.54) is 0 Å². The fourth-order valence-corrected chi connectivity index (χ4v) is 1.94. The summed E-state index contributed by atoms with van der Waals surface area (Å²) in [5, 5.41) is 6.35. The van der Waals surface area contributed by atoms with Gasteiger partial charge in [0.25, 0.3) is 5.91 Å². The third-order valence-electron chi connectivity index (χ3n) is 2.60. The summed E-state index contributed by atoms with van der Waals surface area (Å²) >= 11 is 6.03. The monoisotopic (exact) mass is 300 g/mol. The molecule has 0 radical (unpaired) electrons. The minimum atomic E-state index is -0.153. The van der Waals surface area contributed by atoms with E-state index < -0.39 is 0 Å². The molecule has 0 spiro atoms. The number of hydrogen-bond acceptors (Lipinski definition) is 4. The van der Waals surface area contributed by atoms with E-state index in [0.717, 1.165) is 12.0 Å². The van der Waals surface area contributed by atoms with E-state index in [2.05, 4.69) is 10.6 Å². The first kappa shape index (κ1) is 16.6. The lowest BCUT2D eigenvalue weighted by Gasteiger charge is -2.15. The van der Waals surface area contributed by atoms with Gasteiger partial charge in [0.1, 0.15) is 0 Å². The summed E-state index contributed by atoms with van der Waals surface area (Å²) in [5.41, 5.74) is 0.847. The highest BCUT2D eigenvalue weighted by atomic mass is 35.5. The first-order valence-corrected chi connectivity index (χ1v) is 6.90. The van der Waals surface area contributed by atoms with Crippen LogP contribution in [-0.2, 0) is 11.3 Å². The van der Waals surface area contributed by atoms with E-state index in [0.29, 0.717) is 29.6 Å². The molecule has 0 aliphatic heterocycles. The predicted octanol–water partition coefficient (Wildman–Crippen LogP) is 1.97. The molecule has 2 N–H and O–H groups in total. The maximum atomic E-state index is 11.6. The van der Waals surface area contributed by atoms with Crippen molar-refractivity contribution in [2.45, 2.75) is 19.9 Å². The Bertz CT molecular complexity index is 452. The standard InChI is InChI=1S/C14H21ClN2O3/c1-4-5-17-13(18)9-20-14-10(8-16-2)6-11(15)7-12(14)19-3/h6-7,16H,4-5,8-9H2,1-3H3,(H,17,18). The number of hydrogen-bond donors (Lipinski definition) is 2. The van der Waals surface area contributed by atoms with Crippen LogP contribution in [0.2, 0.25) is 5.02 Å². The van der Waals surface area contributed by atoms with Crippen molar-refractivity contribution in [3.63, 3.8) is 0 Å². The number of carbonyl (C=O) groups is 1. The van der Waals surface area contributed by atoms with Crippen molar-refractivity contribution in [1.82, 2.24) is 10.6 Å². The molecule has 0 fully saturated rings. The summed E-state index contributed by atoms with van der Waals surface area (Å²) in [5.74, 6) is 0.906. The van der Waals surface area contributed by atoms with Gasteiger partial charge in [-0.25, -0.2) is 0 Å². The molecule has 112 valence electrons. The SMILES string of the molecule is CCCNC(=O)COc1c(CNC)cc(Cl)cc1OC. The highest BCUT2D eigenvalue weighted by molar-refractivity contribution is 6.30. The predicted molar refractivity (Wildman–Crippen MR) is 79.6 cm³/mol. The van der Waals surface area contributed by atoms with Crippen LogP contribution in [0.25, 0.3) is 0 Å². The molecular formula is C14H21ClN2O3. The van der Waals surface area contributed by atoms with Gasteiger partial charge in [0.2, 0.25) is 0 Å². The van der Waals surface area contributed by atoms with Gasteiger partial charge in [-0.2, -0.15) is 0 Å². The molecule has 0 aliphatic rings. The minimum Gasteiger partial charge on any atom is -0.493 e. The van der Waals surface area contributed by atoms with Gasteiger partial charge in [0.05, 0.1) is 7.11 Å². The third-order valence-corrected chi connectivity index (χ3v) is 2.82. The molecule has 1 rings (SSSR count). The van der Waals surface area contributed by atoms with E-state index in [4.69, 9.17) is 21.1 Å². The van der Waals surface area contributed by atoms with Gasteiger partial charge in [0.15, 0.2) is 18.1 Å². The molecule has 0 saturated heterocycles. The van der Waals surface area contributed by atoms with Crippen LogP contribution >= 0.6 is 11.6 Å². The normalized spacial score (nSPS) is 10.2. The number of carbonyl (C=O) groups excluding carboxylic acids is 1. The van der Waals surface area contributed by atoms with Gasteiger partial charge in [-0.3, -0.25) is 4.79 Å². The Kier molecular flexibility index (Phi) is 7.18. The second-order valence-corrected chi connectivity index (χ2v) is 4.70. The van der Waals surface area contributed by atoms with Crippen molar-refractivity contribution in [3.8, 4) is 11.5 Å². The summed E-state index contributed by atoms with van der Waals surface area (Å²) in [4.78, 5) is 11.6. The minimum absolute atomic E-state index is 0.0469. The summed E-state index contributed by atoms with van der Waals surface area (Å²) in [6.07, 6.45) is 0.890. The van der Waals surface area contributed by atoms with E-state index >= 15 is 0 Å². The van der Waals surface area contributed by atoms with Crippen LogP contribution in [0.1, 0.15) is 18.9 Å². The molecule has 5 nitrogen and oxygen atoms in total. The molecule has 0 bridgehead atoms. The number of ether oxygens (including phenoxy) is 2. The summed E-state index contributed by atoms with van der Waals surface area (Å²) in [6, 6.07) is 3.46. The van der Waals surface area contributed by atoms with Crippen LogP contribution in [-0.4, -0.2) is 33.2 Å². The van der Waals surface area contributed by atoms with Crippen LogP contribution in [0.5, 0.6) is 11.5 Å². The van der Waals surface area contributed by atoms with Crippen LogP contribution in [0.15, 0.2) is 12.1 Å². The molecule has 20 heavy (non-hydrogen) atoms. The maximum absolute atomic E-state index is 11.6. The molecule has 1 aromatic carbocycles. The van der Waals surface area contributed by atoms with Crippen LogP contribution in [0.3, 0.4) is 0 Å². The topological polar surface area (TPSA) is 59.6 Å². The fraction of sp³-hybridized carbons (Fsp3) is 0.500. The second kappa shape index (κ2) is 8.66. The van der Waals surface area contributed by atoms with Crippen molar-refractivity contribution < 1.29 is 14.3 Å². The molecule has 0 aliphatic carbocycles. The number of benzene rings is 1. The first-order valence-electron chi connectivity index (χ1n) is 6.52. The van der Waals surface area contributed by atoms with E-state index in [9.17, 15) is 4.79 Å². The number of halogens is 1. The summed E-state index contributed by atoms with van der Waals surface area (Å²) in [6.45, 7) is 3.16. The Morgan fingerprint density at radius 2 is 2.15 bits per heavy atom. The smallest absolute Gasteiger partial charge is 0.257 e. The lowest BCUT2D eigenvalue weighted by molar-refractivity contribution is -0.123. The largest absolute Gasteiger partial charge is 0.493 e. The average molecular weight is 301 g/mol. The van der Waals surface area contributed by atoms with Gasteiger partial charge < -0.3 is 20.1 Å².